The average Bonchev–Trinajstić information content (AvgIpc) is 1.30. The van der Waals surface area contributed by atoms with Crippen molar-refractivity contribution in [3.05, 3.63) is 370 Å². The van der Waals surface area contributed by atoms with Crippen molar-refractivity contribution in [3.8, 4) is 22.3 Å². The van der Waals surface area contributed by atoms with Crippen LogP contribution in [0.3, 0.4) is 0 Å². The Balaban J connectivity index is 0.000000189. The average molecular weight is 1300 g/mol. The van der Waals surface area contributed by atoms with Crippen molar-refractivity contribution < 1.29 is 48.5 Å². The highest BCUT2D eigenvalue weighted by Gasteiger charge is 2.41. The fourth-order valence-corrected chi connectivity index (χ4v) is 13.6. The van der Waals surface area contributed by atoms with Gasteiger partial charge in [0, 0.05) is 18.3 Å². The van der Waals surface area contributed by atoms with Crippen LogP contribution in [-0.4, -0.2) is 71.3 Å². The van der Waals surface area contributed by atoms with Crippen LogP contribution in [-0.2, 0) is 52.8 Å². The van der Waals surface area contributed by atoms with E-state index in [-0.39, 0.29) is 50.3 Å². The number of carbonyl (C=O) groups is 6. The number of aliphatic hydroxyl groups is 1. The Bertz CT molecular complexity index is 4300. The number of hydrogen-bond acceptors (Lipinski definition) is 9. The van der Waals surface area contributed by atoms with Crippen LogP contribution in [0.2, 0.25) is 0 Å². The standard InChI is InChI=1S/C46H40N2O5.C38H32N2O5/c49-30-33-26-24-32(25-27-33)28-43(50)42(47-45(52)53-31-41-39-22-12-10-20-37(39)38-21-11-13-23-40(38)41)29-44(51)48-46(34-14-4-1-5-15-34,35-16-6-2-7-17-35)36-18-8-3-9-19-36;41-35(40-38(26-14-4-1-5-15-26,27-16-6-2-7-17-27)28-18-8-3-9-19-28)24-34(36(42)43)39-37(44)45-25-33-31-22-12-10-20-29(31)30-21-11-13-23-32(30)33/h1-27,41-42,49H,28-31H2,(H,47,52)(H,48,51);1-23,33-34H,24-25H2,(H,39,44)(H,40,41)(H,42,43)/t42-;34-/m00/s1. The number of benzene rings is 11. The number of fused-ring (bicyclic) bond motifs is 6. The van der Waals surface area contributed by atoms with Crippen LogP contribution in [0.15, 0.2) is 303 Å². The lowest BCUT2D eigenvalue weighted by Crippen LogP contribution is -2.51. The summed E-state index contributed by atoms with van der Waals surface area (Å²) in [6.45, 7) is -0.0292. The quantitative estimate of drug-likeness (QED) is 0.0334. The number of Topliss-reactive ketones (excluding diaryl/α,β-unsaturated/α-hetero) is 1. The largest absolute Gasteiger partial charge is 0.480 e. The van der Waals surface area contributed by atoms with Crippen LogP contribution >= 0.6 is 0 Å². The molecule has 98 heavy (non-hydrogen) atoms. The summed E-state index contributed by atoms with van der Waals surface area (Å²) in [5, 5.41) is 31.1. The minimum Gasteiger partial charge on any atom is -0.480 e. The number of nitrogens with one attached hydrogen (secondary N) is 4. The molecule has 0 unspecified atom stereocenters. The Morgan fingerprint density at radius 2 is 0.612 bits per heavy atom. The number of ketones is 1. The van der Waals surface area contributed by atoms with Gasteiger partial charge in [0.2, 0.25) is 11.8 Å². The van der Waals surface area contributed by atoms with Gasteiger partial charge in [0.05, 0.1) is 25.5 Å². The Morgan fingerprint density at radius 1 is 0.347 bits per heavy atom. The number of aliphatic carboxylic acids is 1. The summed E-state index contributed by atoms with van der Waals surface area (Å²) >= 11 is 0. The molecular weight excluding hydrogens is 1220 g/mol. The molecule has 13 rings (SSSR count). The Hall–Kier alpha value is -12.0. The molecule has 14 heteroatoms. The predicted octanol–water partition coefficient (Wildman–Crippen LogP) is 14.2. The minimum absolute atomic E-state index is 0.0253. The maximum absolute atomic E-state index is 14.4. The smallest absolute Gasteiger partial charge is 0.407 e. The van der Waals surface area contributed by atoms with Crippen molar-refractivity contribution in [1.82, 2.24) is 21.3 Å². The van der Waals surface area contributed by atoms with Crippen molar-refractivity contribution >= 4 is 35.8 Å². The number of rotatable bonds is 23. The summed E-state index contributed by atoms with van der Waals surface area (Å²) in [6.07, 6.45) is -2.56. The third kappa shape index (κ3) is 14.5. The molecule has 0 radical (unpaired) electrons. The van der Waals surface area contributed by atoms with Gasteiger partial charge in [-0.15, -0.1) is 0 Å². The lowest BCUT2D eigenvalue weighted by atomic mass is 9.77. The van der Waals surface area contributed by atoms with E-state index in [0.717, 1.165) is 77.9 Å². The molecule has 2 aliphatic rings. The topological polar surface area (TPSA) is 209 Å². The molecule has 0 heterocycles. The third-order valence-electron chi connectivity index (χ3n) is 18.2. The van der Waals surface area contributed by atoms with Gasteiger partial charge in [0.25, 0.3) is 0 Å². The molecule has 11 aromatic carbocycles. The van der Waals surface area contributed by atoms with E-state index in [9.17, 15) is 39.0 Å². The normalized spacial score (nSPS) is 12.7. The first-order valence-corrected chi connectivity index (χ1v) is 32.6. The number of amides is 4. The van der Waals surface area contributed by atoms with Crippen molar-refractivity contribution in [3.63, 3.8) is 0 Å². The van der Waals surface area contributed by atoms with E-state index in [1.807, 2.05) is 267 Å². The number of carboxylic acids is 1. The van der Waals surface area contributed by atoms with E-state index in [2.05, 4.69) is 33.4 Å². The zero-order valence-electron chi connectivity index (χ0n) is 53.6. The van der Waals surface area contributed by atoms with E-state index in [0.29, 0.717) is 11.1 Å². The van der Waals surface area contributed by atoms with Gasteiger partial charge in [-0.2, -0.15) is 0 Å². The summed E-state index contributed by atoms with van der Waals surface area (Å²) in [5.74, 6) is -3.04. The summed E-state index contributed by atoms with van der Waals surface area (Å²) < 4.78 is 11.4. The van der Waals surface area contributed by atoms with Crippen molar-refractivity contribution in [1.29, 1.82) is 0 Å². The molecule has 0 saturated carbocycles. The lowest BCUT2D eigenvalue weighted by Gasteiger charge is -2.37. The summed E-state index contributed by atoms with van der Waals surface area (Å²) in [7, 11) is 0. The van der Waals surface area contributed by atoms with E-state index >= 15 is 0 Å². The van der Waals surface area contributed by atoms with Crippen molar-refractivity contribution in [2.75, 3.05) is 13.2 Å². The first-order chi connectivity index (χ1) is 47.9. The summed E-state index contributed by atoms with van der Waals surface area (Å²) in [6, 6.07) is 94.0. The predicted molar refractivity (Wildman–Crippen MR) is 377 cm³/mol. The van der Waals surface area contributed by atoms with Gasteiger partial charge in [-0.1, -0.05) is 303 Å². The van der Waals surface area contributed by atoms with E-state index in [1.54, 1.807) is 24.3 Å². The highest BCUT2D eigenvalue weighted by molar-refractivity contribution is 5.94. The van der Waals surface area contributed by atoms with Gasteiger partial charge < -0.3 is 41.0 Å². The first-order valence-electron chi connectivity index (χ1n) is 32.6. The molecule has 488 valence electrons. The number of alkyl carbamates (subject to hydrolysis) is 2. The van der Waals surface area contributed by atoms with Crippen LogP contribution in [0.25, 0.3) is 22.3 Å². The van der Waals surface area contributed by atoms with Crippen LogP contribution in [0, 0.1) is 0 Å². The molecule has 2 aliphatic carbocycles. The van der Waals surface area contributed by atoms with Crippen LogP contribution in [0.4, 0.5) is 9.59 Å². The maximum Gasteiger partial charge on any atom is 0.407 e. The zero-order valence-corrected chi connectivity index (χ0v) is 53.6. The van der Waals surface area contributed by atoms with Gasteiger partial charge >= 0.3 is 18.2 Å². The van der Waals surface area contributed by atoms with Gasteiger partial charge in [0.1, 0.15) is 30.3 Å². The van der Waals surface area contributed by atoms with E-state index in [4.69, 9.17) is 9.47 Å². The summed E-state index contributed by atoms with van der Waals surface area (Å²) in [5.41, 5.74) is 12.7. The number of carbonyl (C=O) groups excluding carboxylic acids is 5. The SMILES string of the molecule is O=C(C[C@H](NC(=O)OCC1c2ccccc2-c2ccccc21)C(=O)Cc1ccc(CO)cc1)NC(c1ccccc1)(c1ccccc1)c1ccccc1.O=C(C[C@H](NC(=O)OCC1c2ccccc2-c2ccccc21)C(=O)O)NC(c1ccccc1)(c1ccccc1)c1ccccc1. The molecule has 2 atom stereocenters. The molecular formula is C84H72N4O10. The molecule has 0 saturated heterocycles. The van der Waals surface area contributed by atoms with E-state index < -0.39 is 59.6 Å². The van der Waals surface area contributed by atoms with Gasteiger partial charge in [0.15, 0.2) is 5.78 Å². The second kappa shape index (κ2) is 30.6. The van der Waals surface area contributed by atoms with Gasteiger partial charge in [-0.3, -0.25) is 14.4 Å². The lowest BCUT2D eigenvalue weighted by molar-refractivity contribution is -0.141. The molecule has 0 bridgehead atoms. The van der Waals surface area contributed by atoms with Crippen molar-refractivity contribution in [2.24, 2.45) is 0 Å². The molecule has 0 fully saturated rings. The number of ether oxygens (including phenoxy) is 2. The first kappa shape index (κ1) is 66.0. The van der Waals surface area contributed by atoms with Gasteiger partial charge in [-0.05, 0) is 89.0 Å². The number of aliphatic hydroxyl groups excluding tert-OH is 1. The minimum atomic E-state index is -1.51. The maximum atomic E-state index is 14.4. The van der Waals surface area contributed by atoms with Gasteiger partial charge in [-0.25, -0.2) is 14.4 Å². The summed E-state index contributed by atoms with van der Waals surface area (Å²) in [4.78, 5) is 80.9. The second-order valence-corrected chi connectivity index (χ2v) is 24.2. The molecule has 0 aromatic heterocycles. The number of carboxylic acid groups (broad SMARTS) is 1. The number of hydrogen-bond donors (Lipinski definition) is 6. The third-order valence-corrected chi connectivity index (χ3v) is 18.2. The fourth-order valence-electron chi connectivity index (χ4n) is 13.6. The van der Waals surface area contributed by atoms with Crippen LogP contribution < -0.4 is 21.3 Å². The van der Waals surface area contributed by atoms with Crippen molar-refractivity contribution in [2.45, 2.75) is 60.9 Å². The zero-order chi connectivity index (χ0) is 67.9. The molecule has 0 spiro atoms. The molecule has 4 amide bonds. The molecule has 0 aliphatic heterocycles. The highest BCUT2D eigenvalue weighted by atomic mass is 16.6. The monoisotopic (exact) mass is 1300 g/mol. The highest BCUT2D eigenvalue weighted by Crippen LogP contribution is 2.46. The van der Waals surface area contributed by atoms with Crippen LogP contribution in [0.5, 0.6) is 0 Å². The second-order valence-electron chi connectivity index (χ2n) is 24.2. The van der Waals surface area contributed by atoms with Crippen LogP contribution in [0.1, 0.15) is 91.4 Å². The molecule has 6 N–H and O–H groups in total. The Labute approximate surface area is 569 Å². The fraction of sp³-hybridized carbons (Fsp3) is 0.143. The Kier molecular flexibility index (Phi) is 20.6. The molecule has 14 nitrogen and oxygen atoms in total. The molecule has 11 aromatic rings. The van der Waals surface area contributed by atoms with E-state index in [1.165, 1.54) is 0 Å². The Morgan fingerprint density at radius 3 is 0.908 bits per heavy atom.